The zero-order valence-electron chi connectivity index (χ0n) is 15.0. The van der Waals surface area contributed by atoms with E-state index in [-0.39, 0.29) is 17.0 Å². The van der Waals surface area contributed by atoms with Gasteiger partial charge in [0.25, 0.3) is 0 Å². The van der Waals surface area contributed by atoms with E-state index in [2.05, 4.69) is 27.4 Å². The number of rotatable bonds is 4. The van der Waals surface area contributed by atoms with Crippen molar-refractivity contribution in [2.45, 2.75) is 24.4 Å². The summed E-state index contributed by atoms with van der Waals surface area (Å²) in [6, 6.07) is 11.5. The van der Waals surface area contributed by atoms with E-state index in [4.69, 9.17) is 11.8 Å². The standard InChI is InChI=1S/C19H19ClF3N5/c20-28(13-18(7-10-24-11-8-18)14-4-2-1-3-5-14)17-25-9-6-16-26-15(12-27(16)17)19(21,22)23/h1-6,9,12,24H,7-8,10-11,13H2. The topological polar surface area (TPSA) is 45.5 Å². The zero-order chi connectivity index (χ0) is 19.8. The van der Waals surface area contributed by atoms with Gasteiger partial charge in [0.2, 0.25) is 5.95 Å². The number of halogens is 4. The normalized spacial score (nSPS) is 17.0. The lowest BCUT2D eigenvalue weighted by Crippen LogP contribution is -2.46. The predicted octanol–water partition coefficient (Wildman–Crippen LogP) is 4.03. The van der Waals surface area contributed by atoms with Crippen molar-refractivity contribution >= 4 is 23.4 Å². The Morgan fingerprint density at radius 3 is 2.54 bits per heavy atom. The Morgan fingerprint density at radius 2 is 1.86 bits per heavy atom. The molecular weight excluding hydrogens is 391 g/mol. The van der Waals surface area contributed by atoms with Crippen LogP contribution in [0.25, 0.3) is 5.65 Å². The number of alkyl halides is 3. The number of hydrogen-bond donors (Lipinski definition) is 1. The fourth-order valence-electron chi connectivity index (χ4n) is 3.79. The van der Waals surface area contributed by atoms with Crippen LogP contribution in [0.4, 0.5) is 19.1 Å². The van der Waals surface area contributed by atoms with Crippen LogP contribution in [0.1, 0.15) is 24.1 Å². The van der Waals surface area contributed by atoms with Gasteiger partial charge in [-0.2, -0.15) is 13.2 Å². The maximum Gasteiger partial charge on any atom is 0.434 e. The second-order valence-corrected chi connectivity index (χ2v) is 7.42. The number of nitrogens with one attached hydrogen (secondary N) is 1. The van der Waals surface area contributed by atoms with Crippen molar-refractivity contribution in [2.24, 2.45) is 0 Å². The monoisotopic (exact) mass is 409 g/mol. The van der Waals surface area contributed by atoms with Gasteiger partial charge < -0.3 is 5.32 Å². The van der Waals surface area contributed by atoms with E-state index < -0.39 is 11.9 Å². The van der Waals surface area contributed by atoms with Gasteiger partial charge in [-0.1, -0.05) is 30.3 Å². The lowest BCUT2D eigenvalue weighted by molar-refractivity contribution is -0.140. The molecule has 4 rings (SSSR count). The molecule has 28 heavy (non-hydrogen) atoms. The molecule has 0 spiro atoms. The number of imidazole rings is 1. The van der Waals surface area contributed by atoms with Crippen LogP contribution >= 0.6 is 11.8 Å². The molecule has 0 unspecified atom stereocenters. The van der Waals surface area contributed by atoms with Gasteiger partial charge in [-0.15, -0.1) is 0 Å². The average molecular weight is 410 g/mol. The Bertz CT molecular complexity index is 951. The Balaban J connectivity index is 1.70. The van der Waals surface area contributed by atoms with Crippen LogP contribution in [-0.4, -0.2) is 34.0 Å². The van der Waals surface area contributed by atoms with Gasteiger partial charge in [-0.3, -0.25) is 8.82 Å². The van der Waals surface area contributed by atoms with Gasteiger partial charge in [0, 0.05) is 36.1 Å². The van der Waals surface area contributed by atoms with Crippen molar-refractivity contribution < 1.29 is 13.2 Å². The van der Waals surface area contributed by atoms with Gasteiger partial charge in [0.05, 0.1) is 0 Å². The van der Waals surface area contributed by atoms with E-state index in [0.717, 1.165) is 37.7 Å². The highest BCUT2D eigenvalue weighted by Crippen LogP contribution is 2.36. The lowest BCUT2D eigenvalue weighted by atomic mass is 9.73. The molecule has 0 saturated carbocycles. The number of piperidine rings is 1. The van der Waals surface area contributed by atoms with Crippen molar-refractivity contribution in [2.75, 3.05) is 24.1 Å². The number of anilines is 1. The molecule has 1 aliphatic heterocycles. The van der Waals surface area contributed by atoms with Crippen molar-refractivity contribution in [3.05, 3.63) is 60.0 Å². The van der Waals surface area contributed by atoms with E-state index >= 15 is 0 Å². The molecule has 5 nitrogen and oxygen atoms in total. The maximum absolute atomic E-state index is 13.1. The molecule has 9 heteroatoms. The summed E-state index contributed by atoms with van der Waals surface area (Å²) in [6.07, 6.45) is -0.432. The van der Waals surface area contributed by atoms with Gasteiger partial charge in [-0.05, 0) is 37.6 Å². The zero-order valence-corrected chi connectivity index (χ0v) is 15.7. The molecule has 0 atom stereocenters. The van der Waals surface area contributed by atoms with Crippen molar-refractivity contribution in [1.29, 1.82) is 0 Å². The average Bonchev–Trinajstić information content (AvgIpc) is 3.14. The van der Waals surface area contributed by atoms with Gasteiger partial charge in [0.15, 0.2) is 5.69 Å². The first-order valence-electron chi connectivity index (χ1n) is 9.00. The Hall–Kier alpha value is -2.32. The van der Waals surface area contributed by atoms with Crippen LogP contribution < -0.4 is 9.74 Å². The van der Waals surface area contributed by atoms with Crippen LogP contribution in [-0.2, 0) is 11.6 Å². The molecule has 0 radical (unpaired) electrons. The molecule has 1 fully saturated rings. The van der Waals surface area contributed by atoms with E-state index in [1.54, 1.807) is 0 Å². The molecular formula is C19H19ClF3N5. The number of fused-ring (bicyclic) bond motifs is 1. The summed E-state index contributed by atoms with van der Waals surface area (Å²) >= 11 is 6.60. The molecule has 3 heterocycles. The first-order valence-corrected chi connectivity index (χ1v) is 9.34. The van der Waals surface area contributed by atoms with Crippen LogP contribution in [0.5, 0.6) is 0 Å². The Morgan fingerprint density at radius 1 is 1.14 bits per heavy atom. The molecule has 148 valence electrons. The van der Waals surface area contributed by atoms with E-state index in [9.17, 15) is 13.2 Å². The smallest absolute Gasteiger partial charge is 0.317 e. The Labute approximate surface area is 165 Å². The summed E-state index contributed by atoms with van der Waals surface area (Å²) in [5, 5.41) is 3.35. The van der Waals surface area contributed by atoms with Crippen molar-refractivity contribution in [3.63, 3.8) is 0 Å². The van der Waals surface area contributed by atoms with Gasteiger partial charge >= 0.3 is 6.18 Å². The molecule has 1 aliphatic rings. The molecule has 0 amide bonds. The summed E-state index contributed by atoms with van der Waals surface area (Å²) in [6.45, 7) is 2.12. The van der Waals surface area contributed by atoms with E-state index in [1.165, 1.54) is 21.1 Å². The van der Waals surface area contributed by atoms with Crippen molar-refractivity contribution in [1.82, 2.24) is 19.7 Å². The number of benzene rings is 1. The summed E-state index contributed by atoms with van der Waals surface area (Å²) < 4.78 is 41.9. The van der Waals surface area contributed by atoms with E-state index in [0.29, 0.717) is 6.54 Å². The summed E-state index contributed by atoms with van der Waals surface area (Å²) in [5.41, 5.74) is 0.135. The minimum absolute atomic E-state index is 0.155. The van der Waals surface area contributed by atoms with Crippen LogP contribution in [0.15, 0.2) is 48.8 Å². The maximum atomic E-state index is 13.1. The fourth-order valence-corrected chi connectivity index (χ4v) is 4.15. The van der Waals surface area contributed by atoms with Crippen LogP contribution in [0.3, 0.4) is 0 Å². The minimum atomic E-state index is -4.53. The third-order valence-corrected chi connectivity index (χ3v) is 5.53. The second-order valence-electron chi connectivity index (χ2n) is 7.01. The quantitative estimate of drug-likeness (QED) is 0.661. The highest BCUT2D eigenvalue weighted by Gasteiger charge is 2.37. The summed E-state index contributed by atoms with van der Waals surface area (Å²) in [7, 11) is 0. The largest absolute Gasteiger partial charge is 0.434 e. The second kappa shape index (κ2) is 7.25. The third kappa shape index (κ3) is 3.54. The lowest BCUT2D eigenvalue weighted by Gasteiger charge is -2.40. The molecule has 2 aromatic heterocycles. The minimum Gasteiger partial charge on any atom is -0.317 e. The number of hydrogen-bond acceptors (Lipinski definition) is 4. The van der Waals surface area contributed by atoms with Gasteiger partial charge in [-0.25, -0.2) is 9.97 Å². The summed E-state index contributed by atoms with van der Waals surface area (Å²) in [4.78, 5) is 7.88. The highest BCUT2D eigenvalue weighted by atomic mass is 35.5. The molecule has 1 aromatic carbocycles. The summed E-state index contributed by atoms with van der Waals surface area (Å²) in [5.74, 6) is 0.219. The molecule has 1 saturated heterocycles. The predicted molar refractivity (Wildman–Crippen MR) is 101 cm³/mol. The first-order chi connectivity index (χ1) is 13.4. The molecule has 0 bridgehead atoms. The number of aromatic nitrogens is 3. The third-order valence-electron chi connectivity index (χ3n) is 5.26. The fraction of sp³-hybridized carbons (Fsp3) is 0.368. The van der Waals surface area contributed by atoms with Crippen LogP contribution in [0, 0.1) is 0 Å². The SMILES string of the molecule is FC(F)(F)c1cn2c(N(Cl)CC3(c4ccccc4)CCNCC3)nccc2n1. The molecule has 0 aliphatic carbocycles. The van der Waals surface area contributed by atoms with Crippen LogP contribution in [0.2, 0.25) is 0 Å². The van der Waals surface area contributed by atoms with Crippen molar-refractivity contribution in [3.8, 4) is 0 Å². The number of nitrogens with zero attached hydrogens (tertiary/aromatic N) is 4. The highest BCUT2D eigenvalue weighted by molar-refractivity contribution is 6.25. The van der Waals surface area contributed by atoms with Gasteiger partial charge in [0.1, 0.15) is 5.65 Å². The van der Waals surface area contributed by atoms with E-state index in [1.807, 2.05) is 18.2 Å². The molecule has 1 N–H and O–H groups in total. The first kappa shape index (κ1) is 19.0. The molecule has 3 aromatic rings. The Kier molecular flexibility index (Phi) is 4.93.